The van der Waals surface area contributed by atoms with Crippen LogP contribution in [-0.2, 0) is 5.41 Å². The van der Waals surface area contributed by atoms with Crippen molar-refractivity contribution < 1.29 is 0 Å². The van der Waals surface area contributed by atoms with Gasteiger partial charge in [0.25, 0.3) is 0 Å². The summed E-state index contributed by atoms with van der Waals surface area (Å²) < 4.78 is 0. The number of fused-ring (bicyclic) bond motifs is 5. The fourth-order valence-corrected chi connectivity index (χ4v) is 8.07. The molecule has 0 fully saturated rings. The van der Waals surface area contributed by atoms with E-state index < -0.39 is 0 Å². The van der Waals surface area contributed by atoms with Crippen molar-refractivity contribution in [3.63, 3.8) is 0 Å². The van der Waals surface area contributed by atoms with Crippen LogP contribution < -0.4 is 0 Å². The topological polar surface area (TPSA) is 51.6 Å². The summed E-state index contributed by atoms with van der Waals surface area (Å²) in [6.07, 6.45) is 7.38. The fourth-order valence-electron chi connectivity index (χ4n) is 8.07. The number of hydrogen-bond acceptors (Lipinski definition) is 4. The molecule has 2 aromatic heterocycles. The highest BCUT2D eigenvalue weighted by Gasteiger charge is 2.26. The third-order valence-corrected chi connectivity index (χ3v) is 10.3. The predicted molar refractivity (Wildman–Crippen MR) is 209 cm³/mol. The molecule has 0 radical (unpaired) electrons. The molecule has 10 rings (SSSR count). The third-order valence-electron chi connectivity index (χ3n) is 10.3. The molecule has 0 spiro atoms. The van der Waals surface area contributed by atoms with E-state index in [-0.39, 0.29) is 5.41 Å². The summed E-state index contributed by atoms with van der Waals surface area (Å²) in [6, 6.07) is 41.8. The van der Waals surface area contributed by atoms with Crippen LogP contribution in [-0.4, -0.2) is 19.9 Å². The first kappa shape index (κ1) is 28.7. The standard InChI is InChI=1S/C46H32N4/c1-46(2,3)31-23-30-24-36-37(26-35(30)34(25-31)27-11-5-4-6-12-27)43(45-49-21-10-22-50-45)41-33-16-8-14-29-18-17-28-13-7-15-32(38(28)39(29)33)40(41)42(36)44-47-19-9-20-48-44/h4-26H,1-3H3. The van der Waals surface area contributed by atoms with Gasteiger partial charge in [0, 0.05) is 46.7 Å². The van der Waals surface area contributed by atoms with Crippen LogP contribution in [0.3, 0.4) is 0 Å². The zero-order valence-electron chi connectivity index (χ0n) is 28.1. The van der Waals surface area contributed by atoms with E-state index in [0.717, 1.165) is 32.7 Å². The van der Waals surface area contributed by atoms with Gasteiger partial charge in [0.15, 0.2) is 11.6 Å². The maximum atomic E-state index is 4.94. The molecular formula is C46H32N4. The number of benzene rings is 8. The second kappa shape index (κ2) is 10.6. The molecule has 4 heteroatoms. The average Bonchev–Trinajstić information content (AvgIpc) is 3.15. The monoisotopic (exact) mass is 640 g/mol. The molecule has 2 heterocycles. The minimum atomic E-state index is -0.0466. The first-order valence-corrected chi connectivity index (χ1v) is 17.1. The minimum absolute atomic E-state index is 0.0466. The maximum Gasteiger partial charge on any atom is 0.160 e. The van der Waals surface area contributed by atoms with Crippen LogP contribution in [0.2, 0.25) is 0 Å². The highest BCUT2D eigenvalue weighted by Crippen LogP contribution is 2.51. The maximum absolute atomic E-state index is 4.94. The van der Waals surface area contributed by atoms with Crippen molar-refractivity contribution in [2.24, 2.45) is 0 Å². The van der Waals surface area contributed by atoms with Crippen molar-refractivity contribution in [1.82, 2.24) is 19.9 Å². The van der Waals surface area contributed by atoms with E-state index in [4.69, 9.17) is 19.9 Å². The molecule has 0 aliphatic rings. The van der Waals surface area contributed by atoms with Crippen molar-refractivity contribution in [2.45, 2.75) is 26.2 Å². The Morgan fingerprint density at radius 3 is 1.48 bits per heavy atom. The molecule has 236 valence electrons. The highest BCUT2D eigenvalue weighted by molar-refractivity contribution is 6.41. The Bertz CT molecular complexity index is 2930. The van der Waals surface area contributed by atoms with Crippen LogP contribution in [0, 0.1) is 0 Å². The Morgan fingerprint density at radius 1 is 0.400 bits per heavy atom. The molecule has 0 aliphatic carbocycles. The summed E-state index contributed by atoms with van der Waals surface area (Å²) in [6.45, 7) is 6.85. The summed E-state index contributed by atoms with van der Waals surface area (Å²) >= 11 is 0. The Labute approximate surface area is 289 Å². The second-order valence-corrected chi connectivity index (χ2v) is 14.3. The van der Waals surface area contributed by atoms with Gasteiger partial charge in [-0.3, -0.25) is 0 Å². The Morgan fingerprint density at radius 2 is 0.940 bits per heavy atom. The van der Waals surface area contributed by atoms with Crippen molar-refractivity contribution in [3.8, 4) is 33.9 Å². The number of nitrogens with zero attached hydrogens (tertiary/aromatic N) is 4. The average molecular weight is 641 g/mol. The number of hydrogen-bond donors (Lipinski definition) is 0. The van der Waals surface area contributed by atoms with Crippen LogP contribution in [0.25, 0.3) is 98.5 Å². The second-order valence-electron chi connectivity index (χ2n) is 14.3. The Balaban J connectivity index is 1.54. The summed E-state index contributed by atoms with van der Waals surface area (Å²) in [5.41, 5.74) is 5.69. The van der Waals surface area contributed by atoms with E-state index >= 15 is 0 Å². The van der Waals surface area contributed by atoms with Gasteiger partial charge >= 0.3 is 0 Å². The van der Waals surface area contributed by atoms with Gasteiger partial charge in [0.1, 0.15) is 0 Å². The summed E-state index contributed by atoms with van der Waals surface area (Å²) in [4.78, 5) is 19.8. The molecule has 50 heavy (non-hydrogen) atoms. The SMILES string of the molecule is CC(C)(C)c1cc(-c2ccccc2)c2cc3c(-c4ncccn4)c4c5cccc6ccc7cccc(c4c(-c4ncccn4)c3cc2c1)c7c65. The normalized spacial score (nSPS) is 12.3. The summed E-state index contributed by atoms with van der Waals surface area (Å²) in [7, 11) is 0. The van der Waals surface area contributed by atoms with Crippen LogP contribution in [0.5, 0.6) is 0 Å². The van der Waals surface area contributed by atoms with Gasteiger partial charge in [-0.05, 0) is 106 Å². The first-order chi connectivity index (χ1) is 24.5. The molecule has 0 atom stereocenters. The molecule has 8 aromatic carbocycles. The lowest BCUT2D eigenvalue weighted by molar-refractivity contribution is 0.591. The van der Waals surface area contributed by atoms with Crippen LogP contribution in [0.4, 0.5) is 0 Å². The largest absolute Gasteiger partial charge is 0.237 e. The lowest BCUT2D eigenvalue weighted by Crippen LogP contribution is -2.11. The molecule has 10 aromatic rings. The number of aromatic nitrogens is 4. The minimum Gasteiger partial charge on any atom is -0.237 e. The van der Waals surface area contributed by atoms with E-state index in [0.29, 0.717) is 11.6 Å². The molecule has 0 aliphatic heterocycles. The van der Waals surface area contributed by atoms with Crippen LogP contribution in [0.1, 0.15) is 26.3 Å². The highest BCUT2D eigenvalue weighted by atomic mass is 14.9. The summed E-state index contributed by atoms with van der Waals surface area (Å²) in [5.74, 6) is 1.40. The Hall–Kier alpha value is -6.26. The van der Waals surface area contributed by atoms with Gasteiger partial charge in [0.2, 0.25) is 0 Å². The Kier molecular flexibility index (Phi) is 6.10. The fraction of sp³-hybridized carbons (Fsp3) is 0.0870. The van der Waals surface area contributed by atoms with Gasteiger partial charge in [-0.25, -0.2) is 19.9 Å². The lowest BCUT2D eigenvalue weighted by Gasteiger charge is -2.24. The van der Waals surface area contributed by atoms with E-state index in [9.17, 15) is 0 Å². The summed E-state index contributed by atoms with van der Waals surface area (Å²) in [5, 5.41) is 14.1. The van der Waals surface area contributed by atoms with Gasteiger partial charge in [-0.1, -0.05) is 106 Å². The van der Waals surface area contributed by atoms with E-state index in [1.54, 1.807) is 0 Å². The van der Waals surface area contributed by atoms with E-state index in [1.165, 1.54) is 59.8 Å². The zero-order valence-corrected chi connectivity index (χ0v) is 28.1. The van der Waals surface area contributed by atoms with Crippen molar-refractivity contribution in [2.75, 3.05) is 0 Å². The van der Waals surface area contributed by atoms with Crippen LogP contribution in [0.15, 0.2) is 140 Å². The molecule has 0 bridgehead atoms. The molecular weight excluding hydrogens is 609 g/mol. The molecule has 0 amide bonds. The third kappa shape index (κ3) is 4.18. The molecule has 0 N–H and O–H groups in total. The van der Waals surface area contributed by atoms with Crippen molar-refractivity contribution >= 4 is 64.6 Å². The molecule has 0 saturated heterocycles. The number of rotatable bonds is 3. The van der Waals surface area contributed by atoms with Gasteiger partial charge < -0.3 is 0 Å². The van der Waals surface area contributed by atoms with E-state index in [2.05, 4.69) is 124 Å². The smallest absolute Gasteiger partial charge is 0.160 e. The van der Waals surface area contributed by atoms with Gasteiger partial charge in [-0.2, -0.15) is 0 Å². The predicted octanol–water partition coefficient (Wildman–Crippen LogP) is 11.9. The van der Waals surface area contributed by atoms with E-state index in [1.807, 2.05) is 36.9 Å². The molecule has 0 saturated carbocycles. The molecule has 4 nitrogen and oxygen atoms in total. The van der Waals surface area contributed by atoms with Gasteiger partial charge in [-0.15, -0.1) is 0 Å². The first-order valence-electron chi connectivity index (χ1n) is 17.1. The van der Waals surface area contributed by atoms with Gasteiger partial charge in [0.05, 0.1) is 0 Å². The van der Waals surface area contributed by atoms with Crippen molar-refractivity contribution in [1.29, 1.82) is 0 Å². The van der Waals surface area contributed by atoms with Crippen molar-refractivity contribution in [3.05, 3.63) is 146 Å². The zero-order chi connectivity index (χ0) is 33.6. The quantitative estimate of drug-likeness (QED) is 0.142. The lowest BCUT2D eigenvalue weighted by atomic mass is 9.80. The van der Waals surface area contributed by atoms with Crippen LogP contribution >= 0.6 is 0 Å². The molecule has 0 unspecified atom stereocenters.